The molecule has 0 aromatic heterocycles. The lowest BCUT2D eigenvalue weighted by Gasteiger charge is -2.04. The summed E-state index contributed by atoms with van der Waals surface area (Å²) in [7, 11) is 1.63. The van der Waals surface area contributed by atoms with E-state index in [4.69, 9.17) is 9.47 Å². The highest BCUT2D eigenvalue weighted by molar-refractivity contribution is 5.73. The number of carbonyl (C=O) groups is 1. The normalized spacial score (nSPS) is 8.87. The molecule has 0 unspecified atom stereocenters. The lowest BCUT2D eigenvalue weighted by molar-refractivity contribution is -0.103. The molecule has 0 radical (unpaired) electrons. The van der Waals surface area contributed by atoms with Crippen LogP contribution in [0.25, 0.3) is 0 Å². The van der Waals surface area contributed by atoms with Gasteiger partial charge >= 0.3 is 0 Å². The Morgan fingerprint density at radius 1 is 1.27 bits per heavy atom. The fourth-order valence-corrected chi connectivity index (χ4v) is 0.990. The molecule has 0 saturated carbocycles. The molecular formula is C12H12O3. The highest BCUT2D eigenvalue weighted by Gasteiger charge is 1.92. The minimum Gasteiger partial charge on any atom is -0.491 e. The number of carbonyl (C=O) groups excluding carboxylic acids is 1. The molecule has 3 nitrogen and oxygen atoms in total. The smallest absolute Gasteiger partial charge is 0.193 e. The van der Waals surface area contributed by atoms with E-state index in [9.17, 15) is 4.79 Å². The van der Waals surface area contributed by atoms with Crippen LogP contribution in [0.15, 0.2) is 24.3 Å². The highest BCUT2D eigenvalue weighted by Crippen LogP contribution is 2.11. The molecule has 0 aliphatic heterocycles. The van der Waals surface area contributed by atoms with E-state index in [1.54, 1.807) is 19.2 Å². The van der Waals surface area contributed by atoms with E-state index in [2.05, 4.69) is 11.8 Å². The Labute approximate surface area is 89.0 Å². The Balaban J connectivity index is 2.52. The van der Waals surface area contributed by atoms with Crippen molar-refractivity contribution in [2.75, 3.05) is 20.3 Å². The average molecular weight is 204 g/mol. The predicted molar refractivity (Wildman–Crippen MR) is 56.8 cm³/mol. The summed E-state index contributed by atoms with van der Waals surface area (Å²) in [5.41, 5.74) is 0.793. The monoisotopic (exact) mass is 204 g/mol. The molecule has 0 heterocycles. The Kier molecular flexibility index (Phi) is 4.99. The second kappa shape index (κ2) is 6.63. The van der Waals surface area contributed by atoms with Gasteiger partial charge in [-0.05, 0) is 30.2 Å². The van der Waals surface area contributed by atoms with Crippen molar-refractivity contribution in [2.24, 2.45) is 0 Å². The van der Waals surface area contributed by atoms with Crippen molar-refractivity contribution in [1.82, 2.24) is 0 Å². The second-order valence-corrected chi connectivity index (χ2v) is 2.75. The molecule has 0 N–H and O–H groups in total. The molecule has 0 aliphatic rings. The molecule has 3 heteroatoms. The van der Waals surface area contributed by atoms with Crippen LogP contribution in [0.3, 0.4) is 0 Å². The maximum atomic E-state index is 10.0. The average Bonchev–Trinajstić information content (AvgIpc) is 2.28. The molecule has 15 heavy (non-hydrogen) atoms. The van der Waals surface area contributed by atoms with Crippen LogP contribution < -0.4 is 4.74 Å². The zero-order valence-electron chi connectivity index (χ0n) is 8.53. The van der Waals surface area contributed by atoms with Crippen LogP contribution in [0, 0.1) is 11.8 Å². The molecule has 0 atom stereocenters. The number of methoxy groups -OCH3 is 1. The lowest BCUT2D eigenvalue weighted by atomic mass is 10.2. The zero-order valence-corrected chi connectivity index (χ0v) is 8.53. The summed E-state index contributed by atoms with van der Waals surface area (Å²) in [6.07, 6.45) is 0.572. The number of benzene rings is 1. The van der Waals surface area contributed by atoms with Crippen LogP contribution in [-0.2, 0) is 9.53 Å². The van der Waals surface area contributed by atoms with E-state index in [0.29, 0.717) is 19.5 Å². The van der Waals surface area contributed by atoms with Crippen molar-refractivity contribution >= 4 is 6.29 Å². The first-order valence-corrected chi connectivity index (χ1v) is 4.54. The van der Waals surface area contributed by atoms with Crippen LogP contribution in [0.2, 0.25) is 0 Å². The van der Waals surface area contributed by atoms with Gasteiger partial charge in [0.05, 0.1) is 6.61 Å². The Hall–Kier alpha value is -1.79. The van der Waals surface area contributed by atoms with E-state index in [1.807, 2.05) is 12.1 Å². The van der Waals surface area contributed by atoms with Gasteiger partial charge in [-0.1, -0.05) is 5.92 Å². The summed E-state index contributed by atoms with van der Waals surface area (Å²) < 4.78 is 10.2. The minimum atomic E-state index is 0.524. The van der Waals surface area contributed by atoms with E-state index >= 15 is 0 Å². The first-order chi connectivity index (χ1) is 7.36. The summed E-state index contributed by atoms with van der Waals surface area (Å²) in [5.74, 6) is 5.80. The maximum absolute atomic E-state index is 10.0. The van der Waals surface area contributed by atoms with E-state index < -0.39 is 0 Å². The van der Waals surface area contributed by atoms with Crippen molar-refractivity contribution in [3.63, 3.8) is 0 Å². The number of aldehydes is 1. The third-order valence-electron chi connectivity index (χ3n) is 1.69. The minimum absolute atomic E-state index is 0.524. The van der Waals surface area contributed by atoms with Gasteiger partial charge in [-0.3, -0.25) is 4.79 Å². The van der Waals surface area contributed by atoms with E-state index in [1.165, 1.54) is 0 Å². The molecule has 1 rings (SSSR count). The summed E-state index contributed by atoms with van der Waals surface area (Å²) >= 11 is 0. The summed E-state index contributed by atoms with van der Waals surface area (Å²) in [5, 5.41) is 0. The number of hydrogen-bond acceptors (Lipinski definition) is 3. The largest absolute Gasteiger partial charge is 0.491 e. The molecule has 0 spiro atoms. The van der Waals surface area contributed by atoms with Crippen molar-refractivity contribution < 1.29 is 14.3 Å². The molecule has 78 valence electrons. The van der Waals surface area contributed by atoms with Crippen LogP contribution in [0.4, 0.5) is 0 Å². The van der Waals surface area contributed by atoms with Crippen molar-refractivity contribution in [1.29, 1.82) is 0 Å². The van der Waals surface area contributed by atoms with E-state index in [0.717, 1.165) is 11.3 Å². The van der Waals surface area contributed by atoms with Gasteiger partial charge in [0.2, 0.25) is 0 Å². The fourth-order valence-electron chi connectivity index (χ4n) is 0.990. The quantitative estimate of drug-likeness (QED) is 0.421. The number of rotatable bonds is 4. The highest BCUT2D eigenvalue weighted by atomic mass is 16.5. The van der Waals surface area contributed by atoms with Gasteiger partial charge in [0, 0.05) is 12.7 Å². The second-order valence-electron chi connectivity index (χ2n) is 2.75. The van der Waals surface area contributed by atoms with Gasteiger partial charge in [0.25, 0.3) is 0 Å². The van der Waals surface area contributed by atoms with Gasteiger partial charge < -0.3 is 9.47 Å². The topological polar surface area (TPSA) is 35.5 Å². The van der Waals surface area contributed by atoms with Gasteiger partial charge in [-0.25, -0.2) is 0 Å². The Morgan fingerprint density at radius 3 is 2.60 bits per heavy atom. The maximum Gasteiger partial charge on any atom is 0.193 e. The molecule has 0 fully saturated rings. The predicted octanol–water partition coefficient (Wildman–Crippen LogP) is 1.26. The Bertz CT molecular complexity index is 357. The van der Waals surface area contributed by atoms with Crippen molar-refractivity contribution in [2.45, 2.75) is 0 Å². The van der Waals surface area contributed by atoms with Crippen LogP contribution in [0.5, 0.6) is 5.75 Å². The van der Waals surface area contributed by atoms with Gasteiger partial charge in [0.15, 0.2) is 6.29 Å². The molecular weight excluding hydrogens is 192 g/mol. The summed E-state index contributed by atoms with van der Waals surface area (Å²) in [4.78, 5) is 10.0. The zero-order chi connectivity index (χ0) is 10.9. The SMILES string of the molecule is COCCOc1ccc(C#CC=O)cc1. The van der Waals surface area contributed by atoms with Gasteiger partial charge in [0.1, 0.15) is 12.4 Å². The molecule has 0 saturated heterocycles. The molecule has 0 aliphatic carbocycles. The van der Waals surface area contributed by atoms with Gasteiger partial charge in [-0.2, -0.15) is 0 Å². The summed E-state index contributed by atoms with van der Waals surface area (Å²) in [6, 6.07) is 7.23. The lowest BCUT2D eigenvalue weighted by Crippen LogP contribution is -2.03. The third kappa shape index (κ3) is 4.30. The standard InChI is InChI=1S/C12H12O3/c1-14-9-10-15-12-6-4-11(5-7-12)3-2-8-13/h4-8H,9-10H2,1H3. The van der Waals surface area contributed by atoms with Crippen LogP contribution in [-0.4, -0.2) is 26.6 Å². The summed E-state index contributed by atoms with van der Waals surface area (Å²) in [6.45, 7) is 1.09. The first-order valence-electron chi connectivity index (χ1n) is 4.54. The van der Waals surface area contributed by atoms with Gasteiger partial charge in [-0.15, -0.1) is 0 Å². The molecule has 1 aromatic carbocycles. The van der Waals surface area contributed by atoms with Crippen LogP contribution >= 0.6 is 0 Å². The van der Waals surface area contributed by atoms with Crippen molar-refractivity contribution in [3.8, 4) is 17.6 Å². The van der Waals surface area contributed by atoms with E-state index in [-0.39, 0.29) is 0 Å². The fraction of sp³-hybridized carbons (Fsp3) is 0.250. The number of hydrogen-bond donors (Lipinski definition) is 0. The third-order valence-corrected chi connectivity index (χ3v) is 1.69. The number of ether oxygens (including phenoxy) is 2. The Morgan fingerprint density at radius 2 is 2.00 bits per heavy atom. The van der Waals surface area contributed by atoms with Crippen LogP contribution in [0.1, 0.15) is 5.56 Å². The molecule has 1 aromatic rings. The molecule has 0 amide bonds. The molecule has 0 bridgehead atoms. The first kappa shape index (κ1) is 11.3. The van der Waals surface area contributed by atoms with Crippen molar-refractivity contribution in [3.05, 3.63) is 29.8 Å².